The molecule has 1 aromatic carbocycles. The zero-order chi connectivity index (χ0) is 16.7. The van der Waals surface area contributed by atoms with Gasteiger partial charge in [0.05, 0.1) is 33.0 Å². The van der Waals surface area contributed by atoms with E-state index >= 15 is 0 Å². The zero-order valence-electron chi connectivity index (χ0n) is 13.8. The number of anilines is 1. The molecule has 0 aliphatic carbocycles. The molecule has 0 radical (unpaired) electrons. The number of ether oxygens (including phenoxy) is 3. The highest BCUT2D eigenvalue weighted by molar-refractivity contribution is 5.83. The van der Waals surface area contributed by atoms with Gasteiger partial charge >= 0.3 is 5.63 Å². The topological polar surface area (TPSA) is 61.1 Å². The highest BCUT2D eigenvalue weighted by atomic mass is 16.5. The van der Waals surface area contributed by atoms with Gasteiger partial charge in [0.15, 0.2) is 0 Å². The van der Waals surface area contributed by atoms with Crippen molar-refractivity contribution in [3.05, 3.63) is 40.2 Å². The van der Waals surface area contributed by atoms with Crippen LogP contribution >= 0.6 is 0 Å². The van der Waals surface area contributed by atoms with Gasteiger partial charge in [-0.1, -0.05) is 0 Å². The highest BCUT2D eigenvalue weighted by Crippen LogP contribution is 2.23. The molecule has 126 valence electrons. The average molecular weight is 321 g/mol. The van der Waals surface area contributed by atoms with E-state index in [0.717, 1.165) is 16.6 Å². The van der Waals surface area contributed by atoms with E-state index in [2.05, 4.69) is 0 Å². The Balaban J connectivity index is 2.01. The number of methoxy groups -OCH3 is 1. The SMILES string of the molecule is COCCOCCOCc1cc(=O)oc2cc(N(C)C)ccc12. The van der Waals surface area contributed by atoms with Crippen LogP contribution in [0.15, 0.2) is 33.5 Å². The van der Waals surface area contributed by atoms with E-state index in [1.807, 2.05) is 37.2 Å². The van der Waals surface area contributed by atoms with Crippen molar-refractivity contribution in [3.63, 3.8) is 0 Å². The lowest BCUT2D eigenvalue weighted by molar-refractivity contribution is 0.0201. The van der Waals surface area contributed by atoms with Crippen LogP contribution in [0.25, 0.3) is 11.0 Å². The Morgan fingerprint density at radius 2 is 1.78 bits per heavy atom. The van der Waals surface area contributed by atoms with E-state index in [0.29, 0.717) is 38.6 Å². The molecule has 2 aromatic rings. The fourth-order valence-electron chi connectivity index (χ4n) is 2.16. The third kappa shape index (κ3) is 5.06. The van der Waals surface area contributed by atoms with E-state index < -0.39 is 0 Å². The van der Waals surface area contributed by atoms with Crippen molar-refractivity contribution in [1.82, 2.24) is 0 Å². The maximum absolute atomic E-state index is 11.7. The summed E-state index contributed by atoms with van der Waals surface area (Å²) >= 11 is 0. The Bertz CT molecular complexity index is 680. The first kappa shape index (κ1) is 17.5. The molecule has 2 rings (SSSR count). The summed E-state index contributed by atoms with van der Waals surface area (Å²) in [5.41, 5.74) is 1.99. The molecule has 6 nitrogen and oxygen atoms in total. The molecule has 1 heterocycles. The van der Waals surface area contributed by atoms with Crippen LogP contribution in [-0.2, 0) is 20.8 Å². The zero-order valence-corrected chi connectivity index (χ0v) is 13.8. The van der Waals surface area contributed by atoms with Crippen molar-refractivity contribution in [1.29, 1.82) is 0 Å². The van der Waals surface area contributed by atoms with Crippen molar-refractivity contribution in [2.24, 2.45) is 0 Å². The van der Waals surface area contributed by atoms with Crippen LogP contribution < -0.4 is 10.5 Å². The van der Waals surface area contributed by atoms with E-state index in [1.54, 1.807) is 7.11 Å². The maximum atomic E-state index is 11.7. The maximum Gasteiger partial charge on any atom is 0.336 e. The van der Waals surface area contributed by atoms with Gasteiger partial charge in [0.1, 0.15) is 5.58 Å². The molecule has 0 bridgehead atoms. The lowest BCUT2D eigenvalue weighted by Gasteiger charge is -2.13. The van der Waals surface area contributed by atoms with E-state index in [1.165, 1.54) is 6.07 Å². The molecule has 0 unspecified atom stereocenters. The first-order valence-electron chi connectivity index (χ1n) is 7.50. The summed E-state index contributed by atoms with van der Waals surface area (Å²) in [5, 5.41) is 0.885. The molecule has 1 aromatic heterocycles. The first-order chi connectivity index (χ1) is 11.1. The predicted molar refractivity (Wildman–Crippen MR) is 89.2 cm³/mol. The number of benzene rings is 1. The fourth-order valence-corrected chi connectivity index (χ4v) is 2.16. The number of nitrogens with zero attached hydrogens (tertiary/aromatic N) is 1. The summed E-state index contributed by atoms with van der Waals surface area (Å²) < 4.78 is 21.1. The summed E-state index contributed by atoms with van der Waals surface area (Å²) in [7, 11) is 5.51. The number of fused-ring (bicyclic) bond motifs is 1. The summed E-state index contributed by atoms with van der Waals surface area (Å²) in [6.07, 6.45) is 0. The monoisotopic (exact) mass is 321 g/mol. The van der Waals surface area contributed by atoms with Crippen molar-refractivity contribution in [3.8, 4) is 0 Å². The summed E-state index contributed by atoms with van der Waals surface area (Å²) in [5.74, 6) is 0. The molecule has 0 fully saturated rings. The van der Waals surface area contributed by atoms with Crippen LogP contribution in [0, 0.1) is 0 Å². The van der Waals surface area contributed by atoms with Crippen LogP contribution in [-0.4, -0.2) is 47.6 Å². The standard InChI is InChI=1S/C17H23NO5/c1-18(2)14-4-5-15-13(10-17(19)23-16(15)11-14)12-22-9-8-21-7-6-20-3/h4-5,10-11H,6-9,12H2,1-3H3. The van der Waals surface area contributed by atoms with E-state index in [-0.39, 0.29) is 5.63 Å². The molecule has 23 heavy (non-hydrogen) atoms. The third-order valence-corrected chi connectivity index (χ3v) is 3.39. The summed E-state index contributed by atoms with van der Waals surface area (Å²) in [6, 6.07) is 7.26. The minimum atomic E-state index is -0.372. The molecule has 0 saturated heterocycles. The van der Waals surface area contributed by atoms with Gasteiger partial charge in [0.2, 0.25) is 0 Å². The van der Waals surface area contributed by atoms with Crippen LogP contribution in [0.1, 0.15) is 5.56 Å². The fraction of sp³-hybridized carbons (Fsp3) is 0.471. The van der Waals surface area contributed by atoms with Crippen molar-refractivity contribution >= 4 is 16.7 Å². The van der Waals surface area contributed by atoms with Gasteiger partial charge in [-0.15, -0.1) is 0 Å². The quantitative estimate of drug-likeness (QED) is 0.520. The molecule has 0 spiro atoms. The van der Waals surface area contributed by atoms with Crippen molar-refractivity contribution in [2.75, 3.05) is 52.5 Å². The second-order valence-electron chi connectivity index (χ2n) is 5.32. The van der Waals surface area contributed by atoms with Crippen LogP contribution in [0.3, 0.4) is 0 Å². The lowest BCUT2D eigenvalue weighted by Crippen LogP contribution is -2.10. The van der Waals surface area contributed by atoms with Crippen LogP contribution in [0.5, 0.6) is 0 Å². The molecule has 0 aliphatic heterocycles. The Morgan fingerprint density at radius 3 is 2.52 bits per heavy atom. The van der Waals surface area contributed by atoms with Gasteiger partial charge in [0.25, 0.3) is 0 Å². The minimum Gasteiger partial charge on any atom is -0.423 e. The first-order valence-corrected chi connectivity index (χ1v) is 7.50. The molecular weight excluding hydrogens is 298 g/mol. The van der Waals surface area contributed by atoms with Crippen molar-refractivity contribution < 1.29 is 18.6 Å². The van der Waals surface area contributed by atoms with Gasteiger partial charge in [-0.05, 0) is 17.7 Å². The second kappa shape index (κ2) is 8.67. The van der Waals surface area contributed by atoms with Gasteiger partial charge in [-0.3, -0.25) is 0 Å². The smallest absolute Gasteiger partial charge is 0.336 e. The molecule has 0 aliphatic rings. The molecule has 0 atom stereocenters. The number of hydrogen-bond donors (Lipinski definition) is 0. The largest absolute Gasteiger partial charge is 0.423 e. The highest BCUT2D eigenvalue weighted by Gasteiger charge is 2.07. The van der Waals surface area contributed by atoms with Gasteiger partial charge in [-0.2, -0.15) is 0 Å². The average Bonchev–Trinajstić information content (AvgIpc) is 2.53. The summed E-state index contributed by atoms with van der Waals surface area (Å²) in [6.45, 7) is 2.41. The molecule has 0 amide bonds. The van der Waals surface area contributed by atoms with Gasteiger partial charge in [-0.25, -0.2) is 4.79 Å². The van der Waals surface area contributed by atoms with Gasteiger partial charge < -0.3 is 23.5 Å². The Kier molecular flexibility index (Phi) is 6.58. The van der Waals surface area contributed by atoms with Crippen LogP contribution in [0.2, 0.25) is 0 Å². The minimum absolute atomic E-state index is 0.344. The van der Waals surface area contributed by atoms with Crippen LogP contribution in [0.4, 0.5) is 5.69 Å². The Morgan fingerprint density at radius 1 is 1.04 bits per heavy atom. The Labute approximate surface area is 135 Å². The number of hydrogen-bond acceptors (Lipinski definition) is 6. The molecule has 0 N–H and O–H groups in total. The predicted octanol–water partition coefficient (Wildman–Crippen LogP) is 2.04. The molecule has 6 heteroatoms. The third-order valence-electron chi connectivity index (χ3n) is 3.39. The van der Waals surface area contributed by atoms with E-state index in [4.69, 9.17) is 18.6 Å². The van der Waals surface area contributed by atoms with E-state index in [9.17, 15) is 4.79 Å². The summed E-state index contributed by atoms with van der Waals surface area (Å²) in [4.78, 5) is 13.7. The van der Waals surface area contributed by atoms with Crippen molar-refractivity contribution in [2.45, 2.75) is 6.61 Å². The molecular formula is C17H23NO5. The lowest BCUT2D eigenvalue weighted by atomic mass is 10.1. The number of rotatable bonds is 9. The second-order valence-corrected chi connectivity index (χ2v) is 5.32. The Hall–Kier alpha value is -1.89. The molecule has 0 saturated carbocycles. The van der Waals surface area contributed by atoms with Gasteiger partial charge in [0, 0.05) is 44.4 Å². The normalized spacial score (nSPS) is 11.1.